The second-order valence-corrected chi connectivity index (χ2v) is 12.2. The Balaban J connectivity index is 1.82. The first-order valence-electron chi connectivity index (χ1n) is 11.9. The van der Waals surface area contributed by atoms with E-state index in [4.69, 9.17) is 16.3 Å². The van der Waals surface area contributed by atoms with E-state index < -0.39 is 44.2 Å². The van der Waals surface area contributed by atoms with Crippen LogP contribution in [0, 0.1) is 5.82 Å². The number of halogens is 5. The average Bonchev–Trinajstić information content (AvgIpc) is 2.82. The quantitative estimate of drug-likeness (QED) is 0.247. The van der Waals surface area contributed by atoms with E-state index in [0.717, 1.165) is 22.5 Å². The molecule has 0 fully saturated rings. The minimum absolute atomic E-state index is 0.0631. The van der Waals surface area contributed by atoms with Gasteiger partial charge in [0.1, 0.15) is 17.7 Å². The Morgan fingerprint density at radius 3 is 2.46 bits per heavy atom. The van der Waals surface area contributed by atoms with Gasteiger partial charge in [-0.2, -0.15) is 13.2 Å². The third-order valence-corrected chi connectivity index (χ3v) is 8.22. The predicted octanol–water partition coefficient (Wildman–Crippen LogP) is 7.18. The number of aliphatic hydroxyl groups is 1. The number of anilines is 1. The van der Waals surface area contributed by atoms with Crippen LogP contribution in [0.5, 0.6) is 5.75 Å². The largest absolute Gasteiger partial charge is 0.486 e. The summed E-state index contributed by atoms with van der Waals surface area (Å²) < 4.78 is 89.0. The van der Waals surface area contributed by atoms with E-state index in [1.165, 1.54) is 24.3 Å². The number of fused-ring (bicyclic) bond motifs is 1. The van der Waals surface area contributed by atoms with Crippen molar-refractivity contribution in [1.82, 2.24) is 0 Å². The molecular weight excluding hydrogens is 558 g/mol. The zero-order valence-corrected chi connectivity index (χ0v) is 22.8. The molecule has 1 aliphatic heterocycles. The van der Waals surface area contributed by atoms with Crippen molar-refractivity contribution in [3.63, 3.8) is 0 Å². The third kappa shape index (κ3) is 6.40. The number of benzene rings is 3. The molecule has 0 saturated heterocycles. The maximum atomic E-state index is 14.4. The Bertz CT molecular complexity index is 1510. The zero-order chi connectivity index (χ0) is 28.8. The molecule has 11 heteroatoms. The van der Waals surface area contributed by atoms with Crippen molar-refractivity contribution >= 4 is 39.0 Å². The summed E-state index contributed by atoms with van der Waals surface area (Å²) in [5, 5.41) is 10.5. The summed E-state index contributed by atoms with van der Waals surface area (Å²) in [6.07, 6.45) is -3.84. The maximum absolute atomic E-state index is 14.4. The highest BCUT2D eigenvalue weighted by Gasteiger charge is 2.38. The lowest BCUT2D eigenvalue weighted by atomic mass is 9.99. The summed E-state index contributed by atoms with van der Waals surface area (Å²) in [5.74, 6) is -0.356. The van der Waals surface area contributed by atoms with Crippen molar-refractivity contribution in [3.05, 3.63) is 88.2 Å². The smallest absolute Gasteiger partial charge is 0.416 e. The summed E-state index contributed by atoms with van der Waals surface area (Å²) in [6.45, 7) is 4.49. The monoisotopic (exact) mass is 583 g/mol. The second-order valence-electron chi connectivity index (χ2n) is 9.97. The molecule has 0 radical (unpaired) electrons. The molecule has 1 N–H and O–H groups in total. The van der Waals surface area contributed by atoms with Crippen LogP contribution in [0.25, 0.3) is 11.6 Å². The van der Waals surface area contributed by atoms with Gasteiger partial charge in [0, 0.05) is 12.0 Å². The Morgan fingerprint density at radius 1 is 1.13 bits per heavy atom. The van der Waals surface area contributed by atoms with Crippen LogP contribution >= 0.6 is 11.6 Å². The highest BCUT2D eigenvalue weighted by atomic mass is 35.5. The molecule has 0 spiro atoms. The van der Waals surface area contributed by atoms with Crippen molar-refractivity contribution in [3.8, 4) is 5.75 Å². The summed E-state index contributed by atoms with van der Waals surface area (Å²) in [4.78, 5) is -0.539. The lowest BCUT2D eigenvalue weighted by molar-refractivity contribution is -0.137. The van der Waals surface area contributed by atoms with Gasteiger partial charge < -0.3 is 9.84 Å². The first-order valence-corrected chi connectivity index (χ1v) is 13.7. The lowest BCUT2D eigenvalue weighted by Gasteiger charge is -2.37. The topological polar surface area (TPSA) is 66.8 Å². The van der Waals surface area contributed by atoms with E-state index >= 15 is 0 Å². The van der Waals surface area contributed by atoms with Gasteiger partial charge in [-0.1, -0.05) is 35.9 Å². The molecule has 0 saturated carbocycles. The molecule has 1 heterocycles. The number of hydrogen-bond acceptors (Lipinski definition) is 4. The number of alkyl halides is 3. The van der Waals surface area contributed by atoms with Gasteiger partial charge in [0.25, 0.3) is 10.0 Å². The first-order chi connectivity index (χ1) is 18.1. The Hall–Kier alpha value is -3.08. The summed E-state index contributed by atoms with van der Waals surface area (Å²) in [6, 6.07) is 12.5. The van der Waals surface area contributed by atoms with Crippen LogP contribution in [0.2, 0.25) is 5.02 Å². The number of rotatable bonds is 6. The van der Waals surface area contributed by atoms with Gasteiger partial charge in [0.05, 0.1) is 33.3 Å². The number of ether oxygens (including phenoxy) is 1. The molecule has 3 aromatic carbocycles. The molecule has 1 aliphatic rings. The van der Waals surface area contributed by atoms with Gasteiger partial charge in [-0.3, -0.25) is 4.31 Å². The predicted molar refractivity (Wildman–Crippen MR) is 143 cm³/mol. The summed E-state index contributed by atoms with van der Waals surface area (Å²) in [5.41, 5.74) is -1.06. The maximum Gasteiger partial charge on any atom is 0.416 e. The van der Waals surface area contributed by atoms with Gasteiger partial charge >= 0.3 is 6.18 Å². The molecule has 4 rings (SSSR count). The van der Waals surface area contributed by atoms with Crippen LogP contribution < -0.4 is 9.04 Å². The number of hydrogen-bond donors (Lipinski definition) is 1. The molecule has 0 bridgehead atoms. The molecule has 0 amide bonds. The van der Waals surface area contributed by atoms with Crippen LogP contribution in [-0.4, -0.2) is 31.8 Å². The molecule has 208 valence electrons. The van der Waals surface area contributed by atoms with Crippen LogP contribution in [0.15, 0.2) is 65.6 Å². The fourth-order valence-corrected chi connectivity index (χ4v) is 6.32. The van der Waals surface area contributed by atoms with E-state index in [1.807, 2.05) is 0 Å². The highest BCUT2D eigenvalue weighted by molar-refractivity contribution is 7.92. The van der Waals surface area contributed by atoms with E-state index in [-0.39, 0.29) is 35.0 Å². The van der Waals surface area contributed by atoms with Gasteiger partial charge in [0.15, 0.2) is 0 Å². The molecule has 0 aliphatic carbocycles. The molecule has 3 aromatic rings. The highest BCUT2D eigenvalue weighted by Crippen LogP contribution is 2.41. The van der Waals surface area contributed by atoms with Crippen molar-refractivity contribution in [1.29, 1.82) is 0 Å². The van der Waals surface area contributed by atoms with Crippen molar-refractivity contribution in [2.24, 2.45) is 0 Å². The molecule has 5 nitrogen and oxygen atoms in total. The van der Waals surface area contributed by atoms with Crippen molar-refractivity contribution in [2.45, 2.75) is 50.0 Å². The second kappa shape index (κ2) is 10.5. The number of sulfonamides is 1. The van der Waals surface area contributed by atoms with Crippen LogP contribution in [0.4, 0.5) is 23.2 Å². The first kappa shape index (κ1) is 28.9. The van der Waals surface area contributed by atoms with Gasteiger partial charge in [-0.05, 0) is 74.4 Å². The molecule has 1 atom stereocenters. The molecular formula is C28H26ClF4NO4S. The van der Waals surface area contributed by atoms with E-state index in [1.54, 1.807) is 39.0 Å². The average molecular weight is 584 g/mol. The van der Waals surface area contributed by atoms with Gasteiger partial charge in [-0.15, -0.1) is 0 Å². The number of nitrogens with zero attached hydrogens (tertiary/aromatic N) is 1. The Morgan fingerprint density at radius 2 is 1.82 bits per heavy atom. The van der Waals surface area contributed by atoms with Crippen LogP contribution in [0.1, 0.15) is 43.9 Å². The Labute approximate surface area is 229 Å². The third-order valence-electron chi connectivity index (χ3n) is 6.13. The fourth-order valence-electron chi connectivity index (χ4n) is 4.47. The summed E-state index contributed by atoms with van der Waals surface area (Å²) in [7, 11) is -4.49. The van der Waals surface area contributed by atoms with E-state index in [2.05, 4.69) is 0 Å². The zero-order valence-electron chi connectivity index (χ0n) is 21.3. The van der Waals surface area contributed by atoms with Crippen molar-refractivity contribution in [2.75, 3.05) is 10.8 Å². The molecule has 39 heavy (non-hydrogen) atoms. The van der Waals surface area contributed by atoms with Gasteiger partial charge in [-0.25, -0.2) is 12.8 Å². The standard InChI is InChI=1S/C28H26ClF4NO4S/c1-17(26-22(29)8-5-9-23(26)30)12-18-10-11-25-24(13-18)34(16-20(38-25)15-27(2,3)35)39(36,37)21-7-4-6-19(14-21)28(31,32)33/h4-14,20,35H,15-16H2,1-3H3/b17-12+/t20-/m0/s1. The van der Waals surface area contributed by atoms with Gasteiger partial charge in [0.2, 0.25) is 0 Å². The molecule has 0 unspecified atom stereocenters. The SMILES string of the molecule is C/C(=C\c1ccc2c(c1)N(S(=O)(=O)c1cccc(C(F)(F)F)c1)C[C@H](CC(C)(C)O)O2)c1c(F)cccc1Cl. The lowest BCUT2D eigenvalue weighted by Crippen LogP contribution is -2.46. The van der Waals surface area contributed by atoms with Crippen LogP contribution in [0.3, 0.4) is 0 Å². The minimum atomic E-state index is -4.73. The normalized spacial score (nSPS) is 16.6. The van der Waals surface area contributed by atoms with Crippen molar-refractivity contribution < 1.29 is 35.8 Å². The summed E-state index contributed by atoms with van der Waals surface area (Å²) >= 11 is 6.18. The van der Waals surface area contributed by atoms with E-state index in [9.17, 15) is 31.1 Å². The van der Waals surface area contributed by atoms with Crippen LogP contribution in [-0.2, 0) is 16.2 Å². The fraction of sp³-hybridized carbons (Fsp3) is 0.286. The Kier molecular flexibility index (Phi) is 7.77. The minimum Gasteiger partial charge on any atom is -0.486 e. The van der Waals surface area contributed by atoms with E-state index in [0.29, 0.717) is 17.2 Å². The number of allylic oxidation sites excluding steroid dienone is 1. The molecule has 0 aromatic heterocycles.